The van der Waals surface area contributed by atoms with E-state index in [2.05, 4.69) is 24.1 Å². The number of rotatable bonds is 2. The molecular weight excluding hydrogens is 214 g/mol. The first-order valence-corrected chi connectivity index (χ1v) is 6.74. The van der Waals surface area contributed by atoms with Crippen molar-refractivity contribution in [3.05, 3.63) is 0 Å². The lowest BCUT2D eigenvalue weighted by molar-refractivity contribution is -0.0486. The van der Waals surface area contributed by atoms with Crippen molar-refractivity contribution in [2.45, 2.75) is 26.7 Å². The maximum absolute atomic E-state index is 11.7. The van der Waals surface area contributed by atoms with E-state index in [1.54, 1.807) is 7.05 Å². The van der Waals surface area contributed by atoms with Crippen LogP contribution in [0.15, 0.2) is 0 Å². The van der Waals surface area contributed by atoms with Crippen LogP contribution in [0, 0.1) is 11.3 Å². The average Bonchev–Trinajstić information content (AvgIpc) is 2.25. The van der Waals surface area contributed by atoms with Gasteiger partial charge in [-0.2, -0.15) is 0 Å². The molecule has 0 unspecified atom stereocenters. The first-order chi connectivity index (χ1) is 8.04. The number of hydrogen-bond acceptors (Lipinski definition) is 2. The Bertz CT molecular complexity index is 284. The summed E-state index contributed by atoms with van der Waals surface area (Å²) in [5.41, 5.74) is 0.402. The number of amides is 2. The molecule has 0 saturated carbocycles. The summed E-state index contributed by atoms with van der Waals surface area (Å²) in [5.74, 6) is 0.742. The van der Waals surface area contributed by atoms with Crippen molar-refractivity contribution >= 4 is 6.03 Å². The van der Waals surface area contributed by atoms with Crippen molar-refractivity contribution in [2.75, 3.05) is 39.8 Å². The van der Waals surface area contributed by atoms with Gasteiger partial charge in [-0.25, -0.2) is 4.79 Å². The topological polar surface area (TPSA) is 35.6 Å². The lowest BCUT2D eigenvalue weighted by Gasteiger charge is -2.55. The lowest BCUT2D eigenvalue weighted by Crippen LogP contribution is -2.64. The molecule has 0 atom stereocenters. The van der Waals surface area contributed by atoms with Crippen LogP contribution in [-0.2, 0) is 0 Å². The summed E-state index contributed by atoms with van der Waals surface area (Å²) >= 11 is 0. The van der Waals surface area contributed by atoms with Crippen LogP contribution in [-0.4, -0.2) is 55.6 Å². The van der Waals surface area contributed by atoms with E-state index in [1.165, 1.54) is 26.1 Å². The first-order valence-electron chi connectivity index (χ1n) is 6.74. The van der Waals surface area contributed by atoms with Crippen LogP contribution in [0.2, 0.25) is 0 Å². The Balaban J connectivity index is 1.85. The molecule has 0 aromatic carbocycles. The molecule has 98 valence electrons. The van der Waals surface area contributed by atoms with Crippen LogP contribution in [0.4, 0.5) is 4.79 Å². The molecule has 2 aliphatic heterocycles. The van der Waals surface area contributed by atoms with Crippen LogP contribution in [0.25, 0.3) is 0 Å². The van der Waals surface area contributed by atoms with Gasteiger partial charge in [-0.05, 0) is 18.8 Å². The molecule has 0 aromatic heterocycles. The second-order valence-electron chi connectivity index (χ2n) is 6.14. The van der Waals surface area contributed by atoms with E-state index in [0.717, 1.165) is 25.4 Å². The number of hydrogen-bond donors (Lipinski definition) is 1. The molecule has 0 radical (unpaired) electrons. The van der Waals surface area contributed by atoms with Crippen molar-refractivity contribution in [3.8, 4) is 0 Å². The number of likely N-dealkylation sites (tertiary alicyclic amines) is 2. The Morgan fingerprint density at radius 3 is 2.65 bits per heavy atom. The second kappa shape index (κ2) is 4.84. The molecule has 4 heteroatoms. The standard InChI is InChI=1S/C13H25N3O/c1-11(2)7-15-8-13(9-15)5-4-6-16(10-13)12(17)14-3/h11H,4-10H2,1-3H3,(H,14,17). The molecular formula is C13H25N3O. The maximum atomic E-state index is 11.7. The first kappa shape index (κ1) is 12.7. The quantitative estimate of drug-likeness (QED) is 0.790. The van der Waals surface area contributed by atoms with Gasteiger partial charge in [0.15, 0.2) is 0 Å². The van der Waals surface area contributed by atoms with E-state index in [4.69, 9.17) is 0 Å². The summed E-state index contributed by atoms with van der Waals surface area (Å²) in [6.07, 6.45) is 2.44. The van der Waals surface area contributed by atoms with Gasteiger partial charge in [0, 0.05) is 45.2 Å². The SMILES string of the molecule is CNC(=O)N1CCCC2(CN(CC(C)C)C2)C1. The number of piperidine rings is 1. The van der Waals surface area contributed by atoms with Crippen molar-refractivity contribution in [1.29, 1.82) is 0 Å². The minimum atomic E-state index is 0.0892. The normalized spacial score (nSPS) is 23.9. The third-order valence-electron chi connectivity index (χ3n) is 3.90. The fourth-order valence-corrected chi connectivity index (χ4v) is 3.35. The molecule has 2 saturated heterocycles. The minimum Gasteiger partial charge on any atom is -0.341 e. The highest BCUT2D eigenvalue weighted by molar-refractivity contribution is 5.74. The molecule has 2 heterocycles. The highest BCUT2D eigenvalue weighted by Gasteiger charge is 2.46. The fourth-order valence-electron chi connectivity index (χ4n) is 3.35. The molecule has 1 spiro atoms. The van der Waals surface area contributed by atoms with Crippen LogP contribution in [0.5, 0.6) is 0 Å². The fraction of sp³-hybridized carbons (Fsp3) is 0.923. The number of carbonyl (C=O) groups excluding carboxylic acids is 1. The van der Waals surface area contributed by atoms with Gasteiger partial charge < -0.3 is 15.1 Å². The molecule has 1 N–H and O–H groups in total. The molecule has 0 bridgehead atoms. The average molecular weight is 239 g/mol. The molecule has 2 fully saturated rings. The van der Waals surface area contributed by atoms with Gasteiger partial charge in [0.05, 0.1) is 0 Å². The molecule has 0 aliphatic carbocycles. The Hall–Kier alpha value is -0.770. The number of nitrogens with zero attached hydrogens (tertiary/aromatic N) is 2. The summed E-state index contributed by atoms with van der Waals surface area (Å²) < 4.78 is 0. The molecule has 0 aromatic rings. The van der Waals surface area contributed by atoms with Gasteiger partial charge >= 0.3 is 6.03 Å². The van der Waals surface area contributed by atoms with Gasteiger partial charge in [-0.15, -0.1) is 0 Å². The van der Waals surface area contributed by atoms with Crippen LogP contribution >= 0.6 is 0 Å². The third kappa shape index (κ3) is 2.73. The number of nitrogens with one attached hydrogen (secondary N) is 1. The zero-order valence-corrected chi connectivity index (χ0v) is 11.3. The third-order valence-corrected chi connectivity index (χ3v) is 3.90. The van der Waals surface area contributed by atoms with Crippen LogP contribution < -0.4 is 5.32 Å². The van der Waals surface area contributed by atoms with Crippen molar-refractivity contribution in [3.63, 3.8) is 0 Å². The van der Waals surface area contributed by atoms with Gasteiger partial charge in [0.1, 0.15) is 0 Å². The van der Waals surface area contributed by atoms with E-state index in [-0.39, 0.29) is 6.03 Å². The predicted octanol–water partition coefficient (Wildman–Crippen LogP) is 1.38. The summed E-state index contributed by atoms with van der Waals surface area (Å²) in [5, 5.41) is 2.74. The van der Waals surface area contributed by atoms with Gasteiger partial charge in [-0.1, -0.05) is 13.8 Å². The van der Waals surface area contributed by atoms with Crippen molar-refractivity contribution in [1.82, 2.24) is 15.1 Å². The summed E-state index contributed by atoms with van der Waals surface area (Å²) in [6.45, 7) is 9.96. The van der Waals surface area contributed by atoms with Crippen molar-refractivity contribution < 1.29 is 4.79 Å². The van der Waals surface area contributed by atoms with Crippen LogP contribution in [0.1, 0.15) is 26.7 Å². The van der Waals surface area contributed by atoms with Gasteiger partial charge in [-0.3, -0.25) is 0 Å². The molecule has 17 heavy (non-hydrogen) atoms. The van der Waals surface area contributed by atoms with Gasteiger partial charge in [0.2, 0.25) is 0 Å². The maximum Gasteiger partial charge on any atom is 0.317 e. The smallest absolute Gasteiger partial charge is 0.317 e. The summed E-state index contributed by atoms with van der Waals surface area (Å²) in [4.78, 5) is 16.2. The largest absolute Gasteiger partial charge is 0.341 e. The monoisotopic (exact) mass is 239 g/mol. The molecule has 2 amide bonds. The van der Waals surface area contributed by atoms with E-state index < -0.39 is 0 Å². The zero-order chi connectivity index (χ0) is 12.5. The van der Waals surface area contributed by atoms with Crippen LogP contribution in [0.3, 0.4) is 0 Å². The Labute approximate surface area is 104 Å². The van der Waals surface area contributed by atoms with E-state index >= 15 is 0 Å². The highest BCUT2D eigenvalue weighted by Crippen LogP contribution is 2.39. The Morgan fingerprint density at radius 2 is 2.06 bits per heavy atom. The second-order valence-corrected chi connectivity index (χ2v) is 6.14. The predicted molar refractivity (Wildman–Crippen MR) is 69.0 cm³/mol. The van der Waals surface area contributed by atoms with E-state index in [1.807, 2.05) is 4.90 Å². The lowest BCUT2D eigenvalue weighted by atomic mass is 9.73. The van der Waals surface area contributed by atoms with E-state index in [0.29, 0.717) is 5.41 Å². The molecule has 4 nitrogen and oxygen atoms in total. The number of carbonyl (C=O) groups is 1. The highest BCUT2D eigenvalue weighted by atomic mass is 16.2. The summed E-state index contributed by atoms with van der Waals surface area (Å²) in [6, 6.07) is 0.0892. The number of urea groups is 1. The summed E-state index contributed by atoms with van der Waals surface area (Å²) in [7, 11) is 1.72. The molecule has 2 rings (SSSR count). The van der Waals surface area contributed by atoms with E-state index in [9.17, 15) is 4.79 Å². The molecule has 2 aliphatic rings. The minimum absolute atomic E-state index is 0.0892. The van der Waals surface area contributed by atoms with Crippen molar-refractivity contribution in [2.24, 2.45) is 11.3 Å². The Kier molecular flexibility index (Phi) is 3.61. The Morgan fingerprint density at radius 1 is 1.35 bits per heavy atom. The zero-order valence-electron chi connectivity index (χ0n) is 11.3. The van der Waals surface area contributed by atoms with Gasteiger partial charge in [0.25, 0.3) is 0 Å².